The smallest absolute Gasteiger partial charge is 0.328 e. The molecule has 0 bridgehead atoms. The Morgan fingerprint density at radius 2 is 2.20 bits per heavy atom. The highest BCUT2D eigenvalue weighted by Crippen LogP contribution is 2.16. The van der Waals surface area contributed by atoms with Crippen molar-refractivity contribution in [2.45, 2.75) is 19.9 Å². The van der Waals surface area contributed by atoms with E-state index in [1.54, 1.807) is 6.20 Å². The molecule has 0 aliphatic carbocycles. The summed E-state index contributed by atoms with van der Waals surface area (Å²) in [4.78, 5) is 27.3. The first-order valence-electron chi connectivity index (χ1n) is 6.15. The van der Waals surface area contributed by atoms with E-state index >= 15 is 0 Å². The molecule has 6 heteroatoms. The zero-order chi connectivity index (χ0) is 14.5. The maximum Gasteiger partial charge on any atom is 0.328 e. The van der Waals surface area contributed by atoms with Crippen molar-refractivity contribution in [2.24, 2.45) is 0 Å². The molecule has 0 aliphatic heterocycles. The van der Waals surface area contributed by atoms with Crippen LogP contribution in [0.25, 0.3) is 0 Å². The number of aromatic amines is 1. The van der Waals surface area contributed by atoms with Gasteiger partial charge in [0.05, 0.1) is 11.4 Å². The second-order valence-corrected chi connectivity index (χ2v) is 5.29. The number of aliphatic hydroxyl groups excluding tert-OH is 1. The zero-order valence-corrected chi connectivity index (χ0v) is 11.8. The molecule has 0 aliphatic rings. The predicted octanol–water partition coefficient (Wildman–Crippen LogP) is 0.553. The van der Waals surface area contributed by atoms with E-state index < -0.39 is 5.69 Å². The lowest BCUT2D eigenvalue weighted by Gasteiger charge is -2.04. The second kappa shape index (κ2) is 6.37. The molecule has 0 atom stereocenters. The van der Waals surface area contributed by atoms with Gasteiger partial charge in [0.25, 0.3) is 5.56 Å². The minimum Gasteiger partial charge on any atom is -0.384 e. The lowest BCUT2D eigenvalue weighted by molar-refractivity contribution is 0.350. The molecule has 0 aromatic carbocycles. The average molecular weight is 290 g/mol. The summed E-state index contributed by atoms with van der Waals surface area (Å²) >= 11 is 1.46. The third kappa shape index (κ3) is 3.26. The van der Waals surface area contributed by atoms with Crippen molar-refractivity contribution in [1.82, 2.24) is 9.55 Å². The molecule has 20 heavy (non-hydrogen) atoms. The van der Waals surface area contributed by atoms with Crippen molar-refractivity contribution in [2.75, 3.05) is 6.61 Å². The van der Waals surface area contributed by atoms with Crippen molar-refractivity contribution in [3.05, 3.63) is 54.5 Å². The van der Waals surface area contributed by atoms with Gasteiger partial charge in [-0.1, -0.05) is 18.8 Å². The van der Waals surface area contributed by atoms with Gasteiger partial charge < -0.3 is 5.11 Å². The van der Waals surface area contributed by atoms with Crippen LogP contribution in [0.1, 0.15) is 22.2 Å². The Balaban J connectivity index is 2.28. The predicted molar refractivity (Wildman–Crippen MR) is 78.1 cm³/mol. The van der Waals surface area contributed by atoms with Crippen molar-refractivity contribution < 1.29 is 5.11 Å². The van der Waals surface area contributed by atoms with Crippen LogP contribution < -0.4 is 11.2 Å². The molecule has 5 nitrogen and oxygen atoms in total. The van der Waals surface area contributed by atoms with Gasteiger partial charge >= 0.3 is 5.69 Å². The standard InChI is InChI=1S/C14H14N2O3S/c1-2-10-8-16(14(19)15-13(10)18)9-12-6-5-11(20-12)4-3-7-17/h5-6,8,17H,2,7,9H2,1H3,(H,15,18,19). The van der Waals surface area contributed by atoms with E-state index in [2.05, 4.69) is 16.8 Å². The fraction of sp³-hybridized carbons (Fsp3) is 0.286. The average Bonchev–Trinajstić information content (AvgIpc) is 2.87. The van der Waals surface area contributed by atoms with E-state index in [0.717, 1.165) is 9.75 Å². The molecule has 0 spiro atoms. The first kappa shape index (κ1) is 14.3. The molecule has 0 radical (unpaired) electrons. The van der Waals surface area contributed by atoms with Crippen molar-refractivity contribution in [1.29, 1.82) is 0 Å². The van der Waals surface area contributed by atoms with Crippen LogP contribution in [0.2, 0.25) is 0 Å². The number of H-pyrrole nitrogens is 1. The van der Waals surface area contributed by atoms with Crippen LogP contribution in [-0.2, 0) is 13.0 Å². The minimum absolute atomic E-state index is 0.174. The first-order valence-corrected chi connectivity index (χ1v) is 6.96. The van der Waals surface area contributed by atoms with Crippen molar-refractivity contribution in [3.63, 3.8) is 0 Å². The van der Waals surface area contributed by atoms with Gasteiger partial charge in [-0.15, -0.1) is 11.3 Å². The number of aliphatic hydroxyl groups is 1. The Morgan fingerprint density at radius 3 is 2.90 bits per heavy atom. The van der Waals surface area contributed by atoms with E-state index in [0.29, 0.717) is 18.5 Å². The summed E-state index contributed by atoms with van der Waals surface area (Å²) in [5, 5.41) is 8.64. The van der Waals surface area contributed by atoms with E-state index in [4.69, 9.17) is 5.11 Å². The number of aryl methyl sites for hydroxylation is 1. The first-order chi connectivity index (χ1) is 9.63. The molecule has 2 N–H and O–H groups in total. The molecule has 104 valence electrons. The number of hydrogen-bond donors (Lipinski definition) is 2. The number of aromatic nitrogens is 2. The summed E-state index contributed by atoms with van der Waals surface area (Å²) in [5.74, 6) is 5.40. The Bertz CT molecular complexity index is 774. The SMILES string of the molecule is CCc1cn(Cc2ccc(C#CCO)s2)c(=O)[nH]c1=O. The second-order valence-electron chi connectivity index (χ2n) is 4.12. The van der Waals surface area contributed by atoms with E-state index in [1.165, 1.54) is 15.9 Å². The fourth-order valence-corrected chi connectivity index (χ4v) is 2.63. The van der Waals surface area contributed by atoms with Gasteiger partial charge in [-0.05, 0) is 18.6 Å². The number of nitrogens with zero attached hydrogens (tertiary/aromatic N) is 1. The summed E-state index contributed by atoms with van der Waals surface area (Å²) in [6.07, 6.45) is 2.17. The Kier molecular flexibility index (Phi) is 4.56. The molecule has 0 saturated carbocycles. The topological polar surface area (TPSA) is 75.1 Å². The van der Waals surface area contributed by atoms with E-state index in [9.17, 15) is 9.59 Å². The van der Waals surface area contributed by atoms with Crippen LogP contribution in [0.4, 0.5) is 0 Å². The van der Waals surface area contributed by atoms with Crippen molar-refractivity contribution in [3.8, 4) is 11.8 Å². The molecular weight excluding hydrogens is 276 g/mol. The van der Waals surface area contributed by atoms with Crippen LogP contribution in [0.3, 0.4) is 0 Å². The van der Waals surface area contributed by atoms with Gasteiger partial charge in [0, 0.05) is 16.6 Å². The zero-order valence-electron chi connectivity index (χ0n) is 11.0. The Labute approximate surface area is 119 Å². The minimum atomic E-state index is -0.413. The van der Waals surface area contributed by atoms with Gasteiger partial charge in [0.15, 0.2) is 0 Å². The van der Waals surface area contributed by atoms with Gasteiger partial charge in [0.2, 0.25) is 0 Å². The molecule has 2 rings (SSSR count). The van der Waals surface area contributed by atoms with Gasteiger partial charge in [0.1, 0.15) is 6.61 Å². The monoisotopic (exact) mass is 290 g/mol. The fourth-order valence-electron chi connectivity index (χ4n) is 1.75. The largest absolute Gasteiger partial charge is 0.384 e. The van der Waals surface area contributed by atoms with Crippen molar-refractivity contribution >= 4 is 11.3 Å². The summed E-state index contributed by atoms with van der Waals surface area (Å²) in [5.41, 5.74) is -0.153. The van der Waals surface area contributed by atoms with Crippen LogP contribution in [-0.4, -0.2) is 21.3 Å². The molecule has 0 saturated heterocycles. The van der Waals surface area contributed by atoms with Crippen LogP contribution in [0.5, 0.6) is 0 Å². The number of hydrogen-bond acceptors (Lipinski definition) is 4. The van der Waals surface area contributed by atoms with Crippen LogP contribution in [0.15, 0.2) is 27.9 Å². The Morgan fingerprint density at radius 1 is 1.40 bits per heavy atom. The summed E-state index contributed by atoms with van der Waals surface area (Å²) in [7, 11) is 0. The maximum atomic E-state index is 11.7. The summed E-state index contributed by atoms with van der Waals surface area (Å²) in [6, 6.07) is 3.73. The summed E-state index contributed by atoms with van der Waals surface area (Å²) in [6.45, 7) is 2.09. The number of nitrogens with one attached hydrogen (secondary N) is 1. The molecule has 2 aromatic heterocycles. The number of rotatable bonds is 3. The van der Waals surface area contributed by atoms with Gasteiger partial charge in [-0.3, -0.25) is 14.3 Å². The van der Waals surface area contributed by atoms with E-state index in [-0.39, 0.29) is 12.2 Å². The molecule has 0 amide bonds. The molecule has 0 fully saturated rings. The highest BCUT2D eigenvalue weighted by atomic mass is 32.1. The highest BCUT2D eigenvalue weighted by molar-refractivity contribution is 7.12. The van der Waals surface area contributed by atoms with E-state index in [1.807, 2.05) is 19.1 Å². The van der Waals surface area contributed by atoms with Crippen LogP contribution in [0, 0.1) is 11.8 Å². The third-order valence-corrected chi connectivity index (χ3v) is 3.73. The number of thiophene rings is 1. The third-order valence-electron chi connectivity index (χ3n) is 2.74. The van der Waals surface area contributed by atoms with Gasteiger partial charge in [-0.2, -0.15) is 0 Å². The molecule has 0 unspecified atom stereocenters. The summed E-state index contributed by atoms with van der Waals surface area (Å²) < 4.78 is 1.48. The van der Waals surface area contributed by atoms with Gasteiger partial charge in [-0.25, -0.2) is 4.79 Å². The van der Waals surface area contributed by atoms with Crippen LogP contribution >= 0.6 is 11.3 Å². The molecule has 2 aromatic rings. The Hall–Kier alpha value is -2.10. The quantitative estimate of drug-likeness (QED) is 0.811. The lowest BCUT2D eigenvalue weighted by Crippen LogP contribution is -2.31. The maximum absolute atomic E-state index is 11.7. The molecular formula is C14H14N2O3S. The lowest BCUT2D eigenvalue weighted by atomic mass is 10.2. The normalized spacial score (nSPS) is 10.1. The highest BCUT2D eigenvalue weighted by Gasteiger charge is 2.05. The molecule has 2 heterocycles.